The molecular formula is C16H24ClN3O. The van der Waals surface area contributed by atoms with Crippen molar-refractivity contribution in [2.45, 2.75) is 46.0 Å². The third kappa shape index (κ3) is 4.34. The Morgan fingerprint density at radius 3 is 2.76 bits per heavy atom. The molecule has 0 aliphatic heterocycles. The van der Waals surface area contributed by atoms with Crippen LogP contribution in [-0.2, 0) is 0 Å². The van der Waals surface area contributed by atoms with Crippen LogP contribution in [0.2, 0.25) is 5.02 Å². The molecule has 5 heteroatoms. The fraction of sp³-hybridized carbons (Fsp3) is 0.625. The number of hydrogen-bond donors (Lipinski definition) is 2. The van der Waals surface area contributed by atoms with Gasteiger partial charge in [-0.3, -0.25) is 4.79 Å². The van der Waals surface area contributed by atoms with E-state index in [9.17, 15) is 4.79 Å². The highest BCUT2D eigenvalue weighted by Crippen LogP contribution is 2.48. The highest BCUT2D eigenvalue weighted by atomic mass is 35.5. The minimum Gasteiger partial charge on any atom is -0.370 e. The van der Waals surface area contributed by atoms with Crippen molar-refractivity contribution >= 4 is 23.3 Å². The van der Waals surface area contributed by atoms with Crippen LogP contribution in [0.25, 0.3) is 0 Å². The van der Waals surface area contributed by atoms with Crippen LogP contribution in [-0.4, -0.2) is 24.0 Å². The van der Waals surface area contributed by atoms with Crippen LogP contribution < -0.4 is 10.6 Å². The average molecular weight is 310 g/mol. The van der Waals surface area contributed by atoms with E-state index in [1.54, 1.807) is 6.07 Å². The number of pyridine rings is 1. The molecule has 2 N–H and O–H groups in total. The van der Waals surface area contributed by atoms with E-state index in [-0.39, 0.29) is 5.91 Å². The lowest BCUT2D eigenvalue weighted by molar-refractivity contribution is 0.0944. The number of amides is 1. The van der Waals surface area contributed by atoms with Crippen LogP contribution in [0.4, 0.5) is 5.82 Å². The summed E-state index contributed by atoms with van der Waals surface area (Å²) in [4.78, 5) is 16.5. The highest BCUT2D eigenvalue weighted by Gasteiger charge is 2.41. The molecule has 21 heavy (non-hydrogen) atoms. The van der Waals surface area contributed by atoms with Crippen LogP contribution in [0.15, 0.2) is 12.3 Å². The van der Waals surface area contributed by atoms with Crippen molar-refractivity contribution < 1.29 is 4.79 Å². The summed E-state index contributed by atoms with van der Waals surface area (Å²) >= 11 is 6.10. The second-order valence-electron chi connectivity index (χ2n) is 5.91. The first-order valence-corrected chi connectivity index (χ1v) is 8.15. The van der Waals surface area contributed by atoms with Gasteiger partial charge in [-0.05, 0) is 37.2 Å². The molecule has 0 radical (unpaired) electrons. The maximum absolute atomic E-state index is 12.3. The molecule has 1 aromatic rings. The molecule has 1 saturated carbocycles. The number of carbonyl (C=O) groups is 1. The smallest absolute Gasteiger partial charge is 0.253 e. The molecule has 1 fully saturated rings. The Labute approximate surface area is 131 Å². The maximum Gasteiger partial charge on any atom is 0.253 e. The predicted octanol–water partition coefficient (Wildman–Crippen LogP) is 3.87. The molecule has 0 saturated heterocycles. The fourth-order valence-corrected chi connectivity index (χ4v) is 2.74. The number of anilines is 1. The summed E-state index contributed by atoms with van der Waals surface area (Å²) in [6.07, 6.45) is 7.32. The first kappa shape index (κ1) is 16.1. The largest absolute Gasteiger partial charge is 0.370 e. The Morgan fingerprint density at radius 1 is 1.38 bits per heavy atom. The van der Waals surface area contributed by atoms with Crippen LogP contribution in [0.1, 0.15) is 56.3 Å². The molecule has 4 nitrogen and oxygen atoms in total. The van der Waals surface area contributed by atoms with E-state index in [0.29, 0.717) is 21.8 Å². The van der Waals surface area contributed by atoms with Gasteiger partial charge in [0, 0.05) is 19.3 Å². The van der Waals surface area contributed by atoms with Gasteiger partial charge in [0.15, 0.2) is 0 Å². The quantitative estimate of drug-likeness (QED) is 0.766. The summed E-state index contributed by atoms with van der Waals surface area (Å²) in [6, 6.07) is 1.73. The topological polar surface area (TPSA) is 54.0 Å². The zero-order chi connectivity index (χ0) is 15.3. The number of carbonyl (C=O) groups excluding carboxylic acids is 1. The number of rotatable bonds is 8. The molecule has 0 atom stereocenters. The van der Waals surface area contributed by atoms with Crippen molar-refractivity contribution in [2.24, 2.45) is 5.41 Å². The van der Waals surface area contributed by atoms with Gasteiger partial charge in [0.05, 0.1) is 10.6 Å². The van der Waals surface area contributed by atoms with Crippen LogP contribution >= 0.6 is 11.6 Å². The van der Waals surface area contributed by atoms with Gasteiger partial charge in [0.25, 0.3) is 5.91 Å². The number of nitrogens with zero attached hydrogens (tertiary/aromatic N) is 1. The van der Waals surface area contributed by atoms with Crippen molar-refractivity contribution in [3.63, 3.8) is 0 Å². The minimum absolute atomic E-state index is 0.107. The second-order valence-corrected chi connectivity index (χ2v) is 6.32. The Balaban J connectivity index is 1.97. The lowest BCUT2D eigenvalue weighted by atomic mass is 10.0. The van der Waals surface area contributed by atoms with Gasteiger partial charge in [0.1, 0.15) is 5.82 Å². The first-order valence-electron chi connectivity index (χ1n) is 7.78. The second kappa shape index (κ2) is 7.12. The summed E-state index contributed by atoms with van der Waals surface area (Å²) in [6.45, 7) is 5.85. The molecule has 116 valence electrons. The van der Waals surface area contributed by atoms with E-state index in [1.165, 1.54) is 25.5 Å². The van der Waals surface area contributed by atoms with E-state index < -0.39 is 0 Å². The molecule has 0 unspecified atom stereocenters. The molecule has 2 rings (SSSR count). The standard InChI is InChI=1S/C16H24ClN3O/c1-3-5-16(6-7-16)11-20-15(21)12-9-14(18-8-4-2)19-10-13(12)17/h9-10H,3-8,11H2,1-2H3,(H,18,19)(H,20,21). The van der Waals surface area contributed by atoms with E-state index in [2.05, 4.69) is 29.5 Å². The van der Waals surface area contributed by atoms with Crippen molar-refractivity contribution in [2.75, 3.05) is 18.4 Å². The number of nitrogens with one attached hydrogen (secondary N) is 2. The Kier molecular flexibility index (Phi) is 5.45. The highest BCUT2D eigenvalue weighted by molar-refractivity contribution is 6.33. The average Bonchev–Trinajstić information content (AvgIpc) is 3.24. The normalized spacial score (nSPS) is 15.6. The molecule has 0 aromatic carbocycles. The van der Waals surface area contributed by atoms with Gasteiger partial charge in [-0.15, -0.1) is 0 Å². The van der Waals surface area contributed by atoms with Crippen LogP contribution in [0, 0.1) is 5.41 Å². The summed E-state index contributed by atoms with van der Waals surface area (Å²) in [5.74, 6) is 0.588. The van der Waals surface area contributed by atoms with E-state index in [1.807, 2.05) is 0 Å². The van der Waals surface area contributed by atoms with E-state index in [0.717, 1.165) is 25.9 Å². The number of hydrogen-bond acceptors (Lipinski definition) is 3. The summed E-state index contributed by atoms with van der Waals surface area (Å²) < 4.78 is 0. The molecule has 1 aromatic heterocycles. The fourth-order valence-electron chi connectivity index (χ4n) is 2.55. The molecule has 1 heterocycles. The summed E-state index contributed by atoms with van der Waals surface area (Å²) in [7, 11) is 0. The van der Waals surface area contributed by atoms with Crippen LogP contribution in [0.5, 0.6) is 0 Å². The van der Waals surface area contributed by atoms with Crippen LogP contribution in [0.3, 0.4) is 0 Å². The lowest BCUT2D eigenvalue weighted by Gasteiger charge is -2.15. The molecule has 0 bridgehead atoms. The molecule has 0 spiro atoms. The van der Waals surface area contributed by atoms with Crippen molar-refractivity contribution in [1.82, 2.24) is 10.3 Å². The van der Waals surface area contributed by atoms with Gasteiger partial charge in [-0.25, -0.2) is 4.98 Å². The third-order valence-electron chi connectivity index (χ3n) is 4.02. The Morgan fingerprint density at radius 2 is 2.14 bits per heavy atom. The molecule has 1 aliphatic carbocycles. The van der Waals surface area contributed by atoms with Gasteiger partial charge >= 0.3 is 0 Å². The van der Waals surface area contributed by atoms with Crippen molar-refractivity contribution in [1.29, 1.82) is 0 Å². The Bertz CT molecular complexity index is 500. The SMILES string of the molecule is CCCNc1cc(C(=O)NCC2(CCC)CC2)c(Cl)cn1. The number of aromatic nitrogens is 1. The minimum atomic E-state index is -0.107. The summed E-state index contributed by atoms with van der Waals surface area (Å²) in [5.41, 5.74) is 0.838. The van der Waals surface area contributed by atoms with Gasteiger partial charge < -0.3 is 10.6 Å². The number of halogens is 1. The van der Waals surface area contributed by atoms with E-state index in [4.69, 9.17) is 11.6 Å². The predicted molar refractivity (Wildman–Crippen MR) is 86.9 cm³/mol. The lowest BCUT2D eigenvalue weighted by Crippen LogP contribution is -2.30. The first-order chi connectivity index (χ1) is 10.1. The third-order valence-corrected chi connectivity index (χ3v) is 4.32. The molecular weight excluding hydrogens is 286 g/mol. The zero-order valence-electron chi connectivity index (χ0n) is 12.8. The zero-order valence-corrected chi connectivity index (χ0v) is 13.6. The summed E-state index contributed by atoms with van der Waals surface area (Å²) in [5, 5.41) is 6.60. The monoisotopic (exact) mass is 309 g/mol. The van der Waals surface area contributed by atoms with Crippen molar-refractivity contribution in [3.05, 3.63) is 22.8 Å². The van der Waals surface area contributed by atoms with E-state index >= 15 is 0 Å². The molecule has 1 amide bonds. The van der Waals surface area contributed by atoms with Gasteiger partial charge in [0.2, 0.25) is 0 Å². The Hall–Kier alpha value is -1.29. The maximum atomic E-state index is 12.3. The van der Waals surface area contributed by atoms with Gasteiger partial charge in [-0.2, -0.15) is 0 Å². The van der Waals surface area contributed by atoms with Crippen molar-refractivity contribution in [3.8, 4) is 0 Å². The van der Waals surface area contributed by atoms with Gasteiger partial charge in [-0.1, -0.05) is 31.9 Å². The molecule has 1 aliphatic rings.